The van der Waals surface area contributed by atoms with Crippen LogP contribution in [0, 0.1) is 0 Å². The van der Waals surface area contributed by atoms with Gasteiger partial charge in [0.15, 0.2) is 0 Å². The molecular formula is C6H10O6. The molecule has 0 saturated carbocycles. The molecule has 3 saturated heterocycles. The lowest BCUT2D eigenvalue weighted by Crippen LogP contribution is -2.72. The summed E-state index contributed by atoms with van der Waals surface area (Å²) in [7, 11) is 0. The average molecular weight is 178 g/mol. The smallest absolute Gasteiger partial charge is 0.247 e. The number of rotatable bonds is 0. The van der Waals surface area contributed by atoms with Crippen LogP contribution in [0.3, 0.4) is 0 Å². The monoisotopic (exact) mass is 178 g/mol. The van der Waals surface area contributed by atoms with Crippen LogP contribution in [0.4, 0.5) is 0 Å². The summed E-state index contributed by atoms with van der Waals surface area (Å²) in [5.74, 6) is -2.19. The SMILES string of the molecule is O[C@@H]1[C@H]2CO[C@](O)([C@@H](O)O2)[C@H]1O. The van der Waals surface area contributed by atoms with Gasteiger partial charge in [-0.15, -0.1) is 0 Å². The molecule has 0 spiro atoms. The van der Waals surface area contributed by atoms with Crippen LogP contribution in [-0.2, 0) is 9.47 Å². The van der Waals surface area contributed by atoms with Gasteiger partial charge in [0.1, 0.15) is 18.3 Å². The molecule has 0 aromatic rings. The fraction of sp³-hybridized carbons (Fsp3) is 1.00. The maximum atomic E-state index is 9.42. The zero-order chi connectivity index (χ0) is 8.93. The highest BCUT2D eigenvalue weighted by atomic mass is 16.7. The molecule has 0 aliphatic carbocycles. The van der Waals surface area contributed by atoms with E-state index in [4.69, 9.17) is 14.6 Å². The van der Waals surface area contributed by atoms with Crippen molar-refractivity contribution in [2.24, 2.45) is 0 Å². The lowest BCUT2D eigenvalue weighted by Gasteiger charge is -2.50. The second kappa shape index (κ2) is 2.38. The maximum absolute atomic E-state index is 9.42. The summed E-state index contributed by atoms with van der Waals surface area (Å²) in [6.07, 6.45) is -5.12. The molecule has 3 rings (SSSR count). The molecular weight excluding hydrogens is 168 g/mol. The van der Waals surface area contributed by atoms with Crippen molar-refractivity contribution < 1.29 is 29.9 Å². The van der Waals surface area contributed by atoms with Crippen molar-refractivity contribution in [1.82, 2.24) is 0 Å². The minimum atomic E-state index is -2.19. The van der Waals surface area contributed by atoms with Crippen molar-refractivity contribution in [3.8, 4) is 0 Å². The van der Waals surface area contributed by atoms with Gasteiger partial charge in [-0.2, -0.15) is 0 Å². The van der Waals surface area contributed by atoms with E-state index in [2.05, 4.69) is 0 Å². The number of fused-ring (bicyclic) bond motifs is 3. The second-order valence-electron chi connectivity index (χ2n) is 3.03. The van der Waals surface area contributed by atoms with Crippen molar-refractivity contribution in [1.29, 1.82) is 0 Å². The van der Waals surface area contributed by atoms with Crippen molar-refractivity contribution in [3.05, 3.63) is 0 Å². The molecule has 0 radical (unpaired) electrons. The summed E-state index contributed by atoms with van der Waals surface area (Å²) < 4.78 is 9.47. The molecule has 0 aromatic carbocycles. The fourth-order valence-corrected chi connectivity index (χ4v) is 1.45. The van der Waals surface area contributed by atoms with E-state index in [-0.39, 0.29) is 6.61 Å². The topological polar surface area (TPSA) is 99.4 Å². The Bertz CT molecular complexity index is 196. The van der Waals surface area contributed by atoms with Gasteiger partial charge < -0.3 is 29.9 Å². The highest BCUT2D eigenvalue weighted by Gasteiger charge is 2.60. The molecule has 0 amide bonds. The Hall–Kier alpha value is -0.240. The Morgan fingerprint density at radius 2 is 1.92 bits per heavy atom. The molecule has 0 aromatic heterocycles. The highest BCUT2D eigenvalue weighted by Crippen LogP contribution is 2.35. The average Bonchev–Trinajstić information content (AvgIpc) is 2.04. The van der Waals surface area contributed by atoms with E-state index in [0.29, 0.717) is 0 Å². The lowest BCUT2D eigenvalue weighted by molar-refractivity contribution is -0.450. The van der Waals surface area contributed by atoms with E-state index >= 15 is 0 Å². The van der Waals surface area contributed by atoms with Crippen molar-refractivity contribution >= 4 is 0 Å². The van der Waals surface area contributed by atoms with Gasteiger partial charge in [0.2, 0.25) is 12.1 Å². The molecule has 70 valence electrons. The van der Waals surface area contributed by atoms with E-state index in [9.17, 15) is 15.3 Å². The van der Waals surface area contributed by atoms with Gasteiger partial charge >= 0.3 is 0 Å². The first kappa shape index (κ1) is 8.36. The van der Waals surface area contributed by atoms with Gasteiger partial charge in [-0.3, -0.25) is 0 Å². The first-order valence-corrected chi connectivity index (χ1v) is 3.61. The van der Waals surface area contributed by atoms with Crippen LogP contribution < -0.4 is 0 Å². The third-order valence-corrected chi connectivity index (χ3v) is 2.26. The Balaban J connectivity index is 2.28. The van der Waals surface area contributed by atoms with Crippen LogP contribution in [-0.4, -0.2) is 57.4 Å². The predicted molar refractivity (Wildman–Crippen MR) is 33.8 cm³/mol. The van der Waals surface area contributed by atoms with Crippen molar-refractivity contribution in [2.45, 2.75) is 30.4 Å². The van der Waals surface area contributed by atoms with E-state index in [1.165, 1.54) is 0 Å². The Labute approximate surface area is 68.0 Å². The third kappa shape index (κ3) is 0.846. The Morgan fingerprint density at radius 3 is 2.42 bits per heavy atom. The number of hydrogen-bond donors (Lipinski definition) is 4. The molecule has 0 unspecified atom stereocenters. The number of hydrogen-bond acceptors (Lipinski definition) is 6. The summed E-state index contributed by atoms with van der Waals surface area (Å²) in [5.41, 5.74) is 0. The van der Waals surface area contributed by atoms with Crippen LogP contribution >= 0.6 is 0 Å². The van der Waals surface area contributed by atoms with E-state index < -0.39 is 30.4 Å². The van der Waals surface area contributed by atoms with Gasteiger partial charge in [0.05, 0.1) is 6.61 Å². The van der Waals surface area contributed by atoms with Crippen LogP contribution in [0.25, 0.3) is 0 Å². The van der Waals surface area contributed by atoms with Crippen molar-refractivity contribution in [2.75, 3.05) is 6.61 Å². The normalized spacial score (nSPS) is 59.0. The molecule has 3 aliphatic rings. The minimum absolute atomic E-state index is 0.0359. The lowest BCUT2D eigenvalue weighted by atomic mass is 9.93. The molecule has 3 fully saturated rings. The second-order valence-corrected chi connectivity index (χ2v) is 3.03. The zero-order valence-corrected chi connectivity index (χ0v) is 6.12. The standard InChI is InChI=1S/C6H10O6/c7-3-2-1-11-6(10,4(3)8)5(9)12-2/h2-5,7-10H,1H2/t2-,3-,4+,5+,6+/m1/s1. The summed E-state index contributed by atoms with van der Waals surface area (Å²) in [4.78, 5) is 0. The van der Waals surface area contributed by atoms with E-state index in [1.807, 2.05) is 0 Å². The maximum Gasteiger partial charge on any atom is 0.247 e. The Kier molecular flexibility index (Phi) is 1.66. The Morgan fingerprint density at radius 1 is 1.25 bits per heavy atom. The van der Waals surface area contributed by atoms with Gasteiger partial charge in [0.25, 0.3) is 0 Å². The molecule has 3 aliphatic heterocycles. The number of aliphatic hydroxyl groups is 4. The first-order valence-electron chi connectivity index (χ1n) is 3.61. The summed E-state index contributed by atoms with van der Waals surface area (Å²) >= 11 is 0. The fourth-order valence-electron chi connectivity index (χ4n) is 1.45. The zero-order valence-electron chi connectivity index (χ0n) is 6.12. The quantitative estimate of drug-likeness (QED) is 0.318. The molecule has 3 heterocycles. The largest absolute Gasteiger partial charge is 0.387 e. The number of ether oxygens (including phenoxy) is 2. The number of aliphatic hydroxyl groups excluding tert-OH is 3. The molecule has 12 heavy (non-hydrogen) atoms. The third-order valence-electron chi connectivity index (χ3n) is 2.26. The minimum Gasteiger partial charge on any atom is -0.387 e. The van der Waals surface area contributed by atoms with E-state index in [0.717, 1.165) is 0 Å². The molecule has 6 heteroatoms. The van der Waals surface area contributed by atoms with Crippen molar-refractivity contribution in [3.63, 3.8) is 0 Å². The van der Waals surface area contributed by atoms with Gasteiger partial charge in [-0.05, 0) is 0 Å². The van der Waals surface area contributed by atoms with Gasteiger partial charge in [0, 0.05) is 0 Å². The molecule has 2 bridgehead atoms. The van der Waals surface area contributed by atoms with Crippen LogP contribution in [0.1, 0.15) is 0 Å². The molecule has 6 nitrogen and oxygen atoms in total. The summed E-state index contributed by atoms with van der Waals surface area (Å²) in [6.45, 7) is -0.0359. The van der Waals surface area contributed by atoms with Gasteiger partial charge in [-0.1, -0.05) is 0 Å². The molecule has 4 N–H and O–H groups in total. The van der Waals surface area contributed by atoms with Crippen LogP contribution in [0.15, 0.2) is 0 Å². The van der Waals surface area contributed by atoms with Gasteiger partial charge in [-0.25, -0.2) is 0 Å². The van der Waals surface area contributed by atoms with Crippen LogP contribution in [0.2, 0.25) is 0 Å². The highest BCUT2D eigenvalue weighted by molar-refractivity contribution is 4.98. The first-order chi connectivity index (χ1) is 5.55. The predicted octanol–water partition coefficient (Wildman–Crippen LogP) is -2.86. The van der Waals surface area contributed by atoms with Crippen LogP contribution in [0.5, 0.6) is 0 Å². The molecule has 5 atom stereocenters. The summed E-state index contributed by atoms with van der Waals surface area (Å²) in [5, 5.41) is 37.0. The van der Waals surface area contributed by atoms with E-state index in [1.54, 1.807) is 0 Å². The summed E-state index contributed by atoms with van der Waals surface area (Å²) in [6, 6.07) is 0.